The van der Waals surface area contributed by atoms with Crippen LogP contribution >= 0.6 is 0 Å². The van der Waals surface area contributed by atoms with Gasteiger partial charge in [0.05, 0.1) is 5.69 Å². The predicted molar refractivity (Wildman–Crippen MR) is 112 cm³/mol. The summed E-state index contributed by atoms with van der Waals surface area (Å²) < 4.78 is 6.90. The van der Waals surface area contributed by atoms with Crippen LogP contribution in [-0.2, 0) is 20.9 Å². The predicted octanol–water partition coefficient (Wildman–Crippen LogP) is 2.82. The highest BCUT2D eigenvalue weighted by Crippen LogP contribution is 2.60. The first-order valence-electron chi connectivity index (χ1n) is 11.4. The van der Waals surface area contributed by atoms with Gasteiger partial charge in [-0.05, 0) is 85.3 Å². The van der Waals surface area contributed by atoms with Gasteiger partial charge in [0.25, 0.3) is 0 Å². The van der Waals surface area contributed by atoms with E-state index in [2.05, 4.69) is 20.8 Å². The van der Waals surface area contributed by atoms with Crippen molar-refractivity contribution in [3.8, 4) is 5.69 Å². The minimum absolute atomic E-state index is 0.0142. The maximum absolute atomic E-state index is 12.9. The van der Waals surface area contributed by atoms with Crippen LogP contribution in [0.5, 0.6) is 0 Å². The van der Waals surface area contributed by atoms with Gasteiger partial charge >= 0.3 is 5.97 Å². The Morgan fingerprint density at radius 2 is 1.74 bits per heavy atom. The van der Waals surface area contributed by atoms with Gasteiger partial charge in [0.2, 0.25) is 5.91 Å². The van der Waals surface area contributed by atoms with Gasteiger partial charge < -0.3 is 10.1 Å². The number of esters is 1. The largest absolute Gasteiger partial charge is 0.457 e. The Morgan fingerprint density at radius 1 is 1.06 bits per heavy atom. The van der Waals surface area contributed by atoms with Crippen molar-refractivity contribution in [3.05, 3.63) is 36.2 Å². The number of para-hydroxylation sites is 1. The Labute approximate surface area is 181 Å². The Balaban J connectivity index is 1.05. The first-order valence-corrected chi connectivity index (χ1v) is 11.4. The number of ether oxygens (including phenoxy) is 1. The van der Waals surface area contributed by atoms with Crippen LogP contribution in [0, 0.1) is 23.2 Å². The zero-order valence-corrected chi connectivity index (χ0v) is 17.7. The molecule has 0 unspecified atom stereocenters. The van der Waals surface area contributed by atoms with Crippen molar-refractivity contribution in [2.24, 2.45) is 23.2 Å². The Hall–Kier alpha value is -2.77. The fraction of sp³-hybridized carbons (Fsp3) is 0.609. The number of carbonyl (C=O) groups excluding carboxylic acids is 2. The first kappa shape index (κ1) is 20.2. The van der Waals surface area contributed by atoms with Gasteiger partial charge in [0.15, 0.2) is 12.4 Å². The van der Waals surface area contributed by atoms with Crippen molar-refractivity contribution in [2.45, 2.75) is 58.0 Å². The average molecular weight is 424 g/mol. The third kappa shape index (κ3) is 4.20. The molecule has 1 aromatic carbocycles. The summed E-state index contributed by atoms with van der Waals surface area (Å²) in [4.78, 5) is 25.1. The van der Waals surface area contributed by atoms with Gasteiger partial charge in [-0.3, -0.25) is 9.59 Å². The fourth-order valence-corrected chi connectivity index (χ4v) is 6.29. The maximum Gasteiger partial charge on any atom is 0.306 e. The summed E-state index contributed by atoms with van der Waals surface area (Å²) in [6.45, 7) is 0.526. The standard InChI is InChI=1S/C23H29N5O3/c29-21(31-15-20-25-26-27-28(20)19-5-2-1-3-6-19)7-4-8-24-22(30)23-12-16-9-17(13-23)11-18(10-16)14-23/h1-3,5-6,16-18H,4,7-15H2,(H,24,30). The maximum atomic E-state index is 12.9. The molecule has 1 heterocycles. The molecule has 0 spiro atoms. The fourth-order valence-electron chi connectivity index (χ4n) is 6.29. The molecule has 0 radical (unpaired) electrons. The quantitative estimate of drug-likeness (QED) is 0.518. The molecular weight excluding hydrogens is 394 g/mol. The normalized spacial score (nSPS) is 28.5. The van der Waals surface area contributed by atoms with E-state index in [1.807, 2.05) is 30.3 Å². The second-order valence-electron chi connectivity index (χ2n) is 9.56. The lowest BCUT2D eigenvalue weighted by Gasteiger charge is -2.55. The van der Waals surface area contributed by atoms with Crippen molar-refractivity contribution < 1.29 is 14.3 Å². The van der Waals surface area contributed by atoms with Crippen LogP contribution in [0.1, 0.15) is 57.2 Å². The highest BCUT2D eigenvalue weighted by molar-refractivity contribution is 5.83. The van der Waals surface area contributed by atoms with Gasteiger partial charge in [-0.15, -0.1) is 5.10 Å². The summed E-state index contributed by atoms with van der Waals surface area (Å²) in [6, 6.07) is 9.47. The number of amides is 1. The third-order valence-corrected chi connectivity index (χ3v) is 7.26. The van der Waals surface area contributed by atoms with E-state index in [9.17, 15) is 9.59 Å². The van der Waals surface area contributed by atoms with Crippen molar-refractivity contribution in [1.29, 1.82) is 0 Å². The lowest BCUT2D eigenvalue weighted by molar-refractivity contribution is -0.147. The molecule has 1 amide bonds. The molecule has 31 heavy (non-hydrogen) atoms. The first-order chi connectivity index (χ1) is 15.1. The number of hydrogen-bond donors (Lipinski definition) is 1. The zero-order chi connectivity index (χ0) is 21.3. The van der Waals surface area contributed by atoms with Crippen molar-refractivity contribution in [1.82, 2.24) is 25.5 Å². The van der Waals surface area contributed by atoms with E-state index in [1.54, 1.807) is 4.68 Å². The summed E-state index contributed by atoms with van der Waals surface area (Å²) in [5, 5.41) is 14.7. The van der Waals surface area contributed by atoms with Crippen LogP contribution in [0.25, 0.3) is 5.69 Å². The molecular formula is C23H29N5O3. The molecule has 0 saturated heterocycles. The van der Waals surface area contributed by atoms with E-state index in [4.69, 9.17) is 4.74 Å². The summed E-state index contributed by atoms with van der Waals surface area (Å²) in [7, 11) is 0. The van der Waals surface area contributed by atoms with Gasteiger partial charge in [0.1, 0.15) is 0 Å². The molecule has 0 aliphatic heterocycles. The van der Waals surface area contributed by atoms with E-state index in [0.29, 0.717) is 18.8 Å². The Bertz CT molecular complexity index is 906. The van der Waals surface area contributed by atoms with Crippen LogP contribution < -0.4 is 5.32 Å². The number of carbonyl (C=O) groups is 2. The van der Waals surface area contributed by atoms with Crippen LogP contribution in [0.3, 0.4) is 0 Å². The second kappa shape index (κ2) is 8.40. The number of nitrogens with one attached hydrogen (secondary N) is 1. The number of nitrogens with zero attached hydrogens (tertiary/aromatic N) is 4. The summed E-state index contributed by atoms with van der Waals surface area (Å²) >= 11 is 0. The Kier molecular flexibility index (Phi) is 5.46. The molecule has 1 aromatic heterocycles. The minimum Gasteiger partial charge on any atom is -0.457 e. The Morgan fingerprint density at radius 3 is 2.42 bits per heavy atom. The van der Waals surface area contributed by atoms with Gasteiger partial charge in [-0.2, -0.15) is 4.68 Å². The van der Waals surface area contributed by atoms with E-state index in [-0.39, 0.29) is 30.3 Å². The number of rotatable bonds is 8. The summed E-state index contributed by atoms with van der Waals surface area (Å²) in [5.41, 5.74) is 0.676. The van der Waals surface area contributed by atoms with E-state index in [0.717, 1.165) is 42.7 Å². The minimum atomic E-state index is -0.313. The monoisotopic (exact) mass is 423 g/mol. The smallest absolute Gasteiger partial charge is 0.306 e. The molecule has 1 N–H and O–H groups in total. The van der Waals surface area contributed by atoms with E-state index < -0.39 is 0 Å². The van der Waals surface area contributed by atoms with Crippen molar-refractivity contribution in [2.75, 3.05) is 6.54 Å². The van der Waals surface area contributed by atoms with Crippen LogP contribution in [0.2, 0.25) is 0 Å². The lowest BCUT2D eigenvalue weighted by Crippen LogP contribution is -2.53. The van der Waals surface area contributed by atoms with E-state index >= 15 is 0 Å². The molecule has 4 aliphatic carbocycles. The van der Waals surface area contributed by atoms with Crippen LogP contribution in [0.15, 0.2) is 30.3 Å². The molecule has 4 bridgehead atoms. The third-order valence-electron chi connectivity index (χ3n) is 7.26. The van der Waals surface area contributed by atoms with Gasteiger partial charge in [0, 0.05) is 18.4 Å². The molecule has 4 saturated carbocycles. The molecule has 8 heteroatoms. The lowest BCUT2D eigenvalue weighted by atomic mass is 9.49. The number of tetrazole rings is 1. The summed E-state index contributed by atoms with van der Waals surface area (Å²) in [5.74, 6) is 2.61. The average Bonchev–Trinajstić information content (AvgIpc) is 3.23. The molecule has 6 rings (SSSR count). The van der Waals surface area contributed by atoms with Crippen LogP contribution in [0.4, 0.5) is 0 Å². The zero-order valence-electron chi connectivity index (χ0n) is 17.7. The van der Waals surface area contributed by atoms with Gasteiger partial charge in [-0.1, -0.05) is 18.2 Å². The number of hydrogen-bond acceptors (Lipinski definition) is 6. The highest BCUT2D eigenvalue weighted by atomic mass is 16.5. The van der Waals surface area contributed by atoms with Crippen molar-refractivity contribution >= 4 is 11.9 Å². The topological polar surface area (TPSA) is 99.0 Å². The van der Waals surface area contributed by atoms with Crippen molar-refractivity contribution in [3.63, 3.8) is 0 Å². The molecule has 2 aromatic rings. The molecule has 4 fully saturated rings. The molecule has 0 atom stereocenters. The molecule has 164 valence electrons. The van der Waals surface area contributed by atoms with Crippen LogP contribution in [-0.4, -0.2) is 38.6 Å². The van der Waals surface area contributed by atoms with E-state index in [1.165, 1.54) is 19.3 Å². The second-order valence-corrected chi connectivity index (χ2v) is 9.56. The SMILES string of the molecule is O=C(CCCNC(=O)C12CC3CC(CC(C3)C1)C2)OCc1nnnn1-c1ccccc1. The van der Waals surface area contributed by atoms with Gasteiger partial charge in [-0.25, -0.2) is 0 Å². The number of benzene rings is 1. The molecule has 8 nitrogen and oxygen atoms in total. The highest BCUT2D eigenvalue weighted by Gasteiger charge is 2.54. The number of aromatic nitrogens is 4. The molecule has 4 aliphatic rings. The summed E-state index contributed by atoms with van der Waals surface area (Å²) in [6.07, 6.45) is 7.98.